The highest BCUT2D eigenvalue weighted by Gasteiger charge is 2.19. The molecule has 0 saturated carbocycles. The summed E-state index contributed by atoms with van der Waals surface area (Å²) in [6, 6.07) is 7.93. The van der Waals surface area contributed by atoms with Gasteiger partial charge in [0, 0.05) is 50.4 Å². The maximum absolute atomic E-state index is 11.7. The average molecular weight is 362 g/mol. The zero-order chi connectivity index (χ0) is 18.2. The van der Waals surface area contributed by atoms with Crippen LogP contribution in [0.1, 0.15) is 33.1 Å². The molecule has 1 fully saturated rings. The summed E-state index contributed by atoms with van der Waals surface area (Å²) < 4.78 is 0. The minimum absolute atomic E-state index is 0.0730. The normalized spacial score (nSPS) is 14.2. The van der Waals surface area contributed by atoms with Gasteiger partial charge in [0.05, 0.1) is 0 Å². The van der Waals surface area contributed by atoms with Crippen molar-refractivity contribution in [1.82, 2.24) is 10.2 Å². The third-order valence-electron chi connectivity index (χ3n) is 4.16. The van der Waals surface area contributed by atoms with E-state index >= 15 is 0 Å². The molecule has 6 nitrogen and oxygen atoms in total. The van der Waals surface area contributed by atoms with Gasteiger partial charge in [0.15, 0.2) is 5.11 Å². The van der Waals surface area contributed by atoms with Crippen LogP contribution in [0.3, 0.4) is 0 Å². The van der Waals surface area contributed by atoms with Gasteiger partial charge in [-0.3, -0.25) is 9.59 Å². The van der Waals surface area contributed by atoms with E-state index in [1.54, 1.807) is 0 Å². The first-order valence-electron chi connectivity index (χ1n) is 8.77. The molecule has 7 heteroatoms. The van der Waals surface area contributed by atoms with Crippen molar-refractivity contribution in [3.05, 3.63) is 24.3 Å². The molecule has 1 aliphatic rings. The van der Waals surface area contributed by atoms with Gasteiger partial charge in [-0.15, -0.1) is 0 Å². The number of piperazine rings is 1. The van der Waals surface area contributed by atoms with Crippen LogP contribution in [0.4, 0.5) is 11.4 Å². The SMILES string of the molecule is CCCC(=O)NC(=S)Nc1ccc(N2CCN(C(=O)CC)CC2)cc1. The van der Waals surface area contributed by atoms with E-state index in [-0.39, 0.29) is 11.8 Å². The predicted octanol–water partition coefficient (Wildman–Crippen LogP) is 2.36. The second kappa shape index (κ2) is 9.36. The molecule has 0 aromatic heterocycles. The van der Waals surface area contributed by atoms with Gasteiger partial charge < -0.3 is 20.4 Å². The molecule has 1 aromatic rings. The summed E-state index contributed by atoms with van der Waals surface area (Å²) in [6.07, 6.45) is 1.82. The first-order valence-corrected chi connectivity index (χ1v) is 9.18. The fourth-order valence-corrected chi connectivity index (χ4v) is 3.00. The van der Waals surface area contributed by atoms with Crippen LogP contribution in [0, 0.1) is 0 Å². The number of rotatable bonds is 5. The van der Waals surface area contributed by atoms with Crippen molar-refractivity contribution in [2.45, 2.75) is 33.1 Å². The topological polar surface area (TPSA) is 64.7 Å². The second-order valence-electron chi connectivity index (χ2n) is 6.02. The largest absolute Gasteiger partial charge is 0.368 e. The van der Waals surface area contributed by atoms with Crippen molar-refractivity contribution in [2.75, 3.05) is 36.4 Å². The third-order valence-corrected chi connectivity index (χ3v) is 4.36. The molecule has 0 atom stereocenters. The van der Waals surface area contributed by atoms with E-state index in [9.17, 15) is 9.59 Å². The third kappa shape index (κ3) is 5.70. The standard InChI is InChI=1S/C18H26N4O2S/c1-3-5-16(23)20-18(25)19-14-6-8-15(9-7-14)21-10-12-22(13-11-21)17(24)4-2/h6-9H,3-5,10-13H2,1-2H3,(H2,19,20,23,25). The molecule has 25 heavy (non-hydrogen) atoms. The highest BCUT2D eigenvalue weighted by molar-refractivity contribution is 7.80. The van der Waals surface area contributed by atoms with Gasteiger partial charge in [-0.25, -0.2) is 0 Å². The van der Waals surface area contributed by atoms with Gasteiger partial charge in [0.25, 0.3) is 0 Å². The lowest BCUT2D eigenvalue weighted by atomic mass is 10.2. The molecule has 136 valence electrons. The van der Waals surface area contributed by atoms with Crippen molar-refractivity contribution in [1.29, 1.82) is 0 Å². The van der Waals surface area contributed by atoms with Crippen molar-refractivity contribution in [3.63, 3.8) is 0 Å². The number of nitrogens with zero attached hydrogens (tertiary/aromatic N) is 2. The van der Waals surface area contributed by atoms with Crippen LogP contribution in [0.2, 0.25) is 0 Å². The maximum Gasteiger partial charge on any atom is 0.226 e. The lowest BCUT2D eigenvalue weighted by Gasteiger charge is -2.36. The Morgan fingerprint density at radius 1 is 1.08 bits per heavy atom. The Kier molecular flexibility index (Phi) is 7.18. The van der Waals surface area contributed by atoms with Crippen LogP contribution < -0.4 is 15.5 Å². The van der Waals surface area contributed by atoms with Gasteiger partial charge >= 0.3 is 0 Å². The number of hydrogen-bond donors (Lipinski definition) is 2. The van der Waals surface area contributed by atoms with Gasteiger partial charge in [-0.05, 0) is 42.9 Å². The lowest BCUT2D eigenvalue weighted by molar-refractivity contribution is -0.131. The molecule has 0 radical (unpaired) electrons. The monoisotopic (exact) mass is 362 g/mol. The molecule has 1 aromatic carbocycles. The Bertz CT molecular complexity index is 610. The Balaban J connectivity index is 1.85. The first-order chi connectivity index (χ1) is 12.0. The van der Waals surface area contributed by atoms with E-state index in [1.165, 1.54) is 0 Å². The van der Waals surface area contributed by atoms with Crippen molar-refractivity contribution < 1.29 is 9.59 Å². The minimum atomic E-state index is -0.0730. The van der Waals surface area contributed by atoms with Gasteiger partial charge in [-0.1, -0.05) is 13.8 Å². The van der Waals surface area contributed by atoms with Crippen molar-refractivity contribution in [3.8, 4) is 0 Å². The zero-order valence-corrected chi connectivity index (χ0v) is 15.7. The summed E-state index contributed by atoms with van der Waals surface area (Å²) in [5, 5.41) is 6.00. The highest BCUT2D eigenvalue weighted by Crippen LogP contribution is 2.19. The summed E-state index contributed by atoms with van der Waals surface area (Å²) in [4.78, 5) is 27.4. The molecule has 0 unspecified atom stereocenters. The molecule has 2 N–H and O–H groups in total. The van der Waals surface area contributed by atoms with E-state index in [1.807, 2.05) is 43.0 Å². The molecular formula is C18H26N4O2S. The molecule has 0 bridgehead atoms. The van der Waals surface area contributed by atoms with Gasteiger partial charge in [0.1, 0.15) is 0 Å². The van der Waals surface area contributed by atoms with Crippen LogP contribution in [0.15, 0.2) is 24.3 Å². The van der Waals surface area contributed by atoms with E-state index in [0.29, 0.717) is 18.0 Å². The molecule has 2 rings (SSSR count). The predicted molar refractivity (Wildman–Crippen MR) is 105 cm³/mol. The number of thiocarbonyl (C=S) groups is 1. The Hall–Kier alpha value is -2.15. The number of nitrogens with one attached hydrogen (secondary N) is 2. The average Bonchev–Trinajstić information content (AvgIpc) is 2.62. The Labute approximate surface area is 154 Å². The number of carbonyl (C=O) groups is 2. The quantitative estimate of drug-likeness (QED) is 0.787. The number of amides is 2. The van der Waals surface area contributed by atoms with Crippen LogP contribution in [0.5, 0.6) is 0 Å². The van der Waals surface area contributed by atoms with Crippen molar-refractivity contribution >= 4 is 40.5 Å². The van der Waals surface area contributed by atoms with E-state index in [0.717, 1.165) is 44.0 Å². The fraction of sp³-hybridized carbons (Fsp3) is 0.500. The number of benzene rings is 1. The van der Waals surface area contributed by atoms with E-state index in [4.69, 9.17) is 12.2 Å². The lowest BCUT2D eigenvalue weighted by Crippen LogP contribution is -2.48. The molecule has 0 aliphatic carbocycles. The molecule has 1 aliphatic heterocycles. The van der Waals surface area contributed by atoms with Crippen molar-refractivity contribution in [2.24, 2.45) is 0 Å². The Morgan fingerprint density at radius 3 is 2.28 bits per heavy atom. The van der Waals surface area contributed by atoms with Gasteiger partial charge in [-0.2, -0.15) is 0 Å². The first kappa shape index (κ1) is 19.2. The van der Waals surface area contributed by atoms with E-state index in [2.05, 4.69) is 15.5 Å². The smallest absolute Gasteiger partial charge is 0.226 e. The minimum Gasteiger partial charge on any atom is -0.368 e. The fourth-order valence-electron chi connectivity index (χ4n) is 2.77. The summed E-state index contributed by atoms with van der Waals surface area (Å²) in [5.41, 5.74) is 1.96. The van der Waals surface area contributed by atoms with Crippen LogP contribution >= 0.6 is 12.2 Å². The number of carbonyl (C=O) groups excluding carboxylic acids is 2. The summed E-state index contributed by atoms with van der Waals surface area (Å²) in [7, 11) is 0. The van der Waals surface area contributed by atoms with Crippen LogP contribution in [0.25, 0.3) is 0 Å². The molecule has 1 saturated heterocycles. The second-order valence-corrected chi connectivity index (χ2v) is 6.43. The molecule has 0 spiro atoms. The van der Waals surface area contributed by atoms with Crippen LogP contribution in [-0.4, -0.2) is 48.0 Å². The van der Waals surface area contributed by atoms with Gasteiger partial charge in [0.2, 0.25) is 11.8 Å². The number of hydrogen-bond acceptors (Lipinski definition) is 4. The highest BCUT2D eigenvalue weighted by atomic mass is 32.1. The Morgan fingerprint density at radius 2 is 1.72 bits per heavy atom. The molecule has 2 amide bonds. The van der Waals surface area contributed by atoms with E-state index < -0.39 is 0 Å². The summed E-state index contributed by atoms with van der Waals surface area (Å²) >= 11 is 5.14. The summed E-state index contributed by atoms with van der Waals surface area (Å²) in [5.74, 6) is 0.147. The number of anilines is 2. The summed E-state index contributed by atoms with van der Waals surface area (Å²) in [6.45, 7) is 7.05. The zero-order valence-electron chi connectivity index (χ0n) is 14.9. The van der Waals surface area contributed by atoms with Crippen LogP contribution in [-0.2, 0) is 9.59 Å². The molecule has 1 heterocycles. The molecular weight excluding hydrogens is 336 g/mol. The maximum atomic E-state index is 11.7.